The van der Waals surface area contributed by atoms with Crippen LogP contribution in [0.4, 0.5) is 5.69 Å². The van der Waals surface area contributed by atoms with Gasteiger partial charge in [-0.1, -0.05) is 0 Å². The predicted molar refractivity (Wildman–Crippen MR) is 59.5 cm³/mol. The smallest absolute Gasteiger partial charge is 0.227 e. The highest BCUT2D eigenvalue weighted by Gasteiger charge is 2.31. The van der Waals surface area contributed by atoms with Gasteiger partial charge in [0.15, 0.2) is 0 Å². The van der Waals surface area contributed by atoms with E-state index in [0.29, 0.717) is 17.6 Å². The first-order valence-corrected chi connectivity index (χ1v) is 5.53. The summed E-state index contributed by atoms with van der Waals surface area (Å²) in [6, 6.07) is 3.63. The number of carbonyl (C=O) groups excluding carboxylic acids is 1. The highest BCUT2D eigenvalue weighted by molar-refractivity contribution is 9.10. The topological polar surface area (TPSA) is 53.4 Å². The molecule has 1 atom stereocenters. The van der Waals surface area contributed by atoms with E-state index >= 15 is 0 Å². The van der Waals surface area contributed by atoms with Crippen LogP contribution in [0.25, 0.3) is 0 Å². The van der Waals surface area contributed by atoms with Crippen molar-refractivity contribution in [1.29, 1.82) is 0 Å². The molecule has 15 heavy (non-hydrogen) atoms. The maximum atomic E-state index is 11.7. The van der Waals surface area contributed by atoms with Crippen molar-refractivity contribution in [1.82, 2.24) is 4.98 Å². The number of anilines is 1. The molecule has 80 valence electrons. The van der Waals surface area contributed by atoms with E-state index in [1.807, 2.05) is 6.07 Å². The summed E-state index contributed by atoms with van der Waals surface area (Å²) in [6.45, 7) is 0.625. The Morgan fingerprint density at radius 1 is 1.67 bits per heavy atom. The molecule has 1 aromatic heterocycles. The summed E-state index contributed by atoms with van der Waals surface area (Å²) in [4.78, 5) is 17.4. The highest BCUT2D eigenvalue weighted by Crippen LogP contribution is 2.29. The van der Waals surface area contributed by atoms with Crippen molar-refractivity contribution >= 4 is 27.5 Å². The van der Waals surface area contributed by atoms with Crippen LogP contribution in [0, 0.1) is 5.92 Å². The molecule has 1 N–H and O–H groups in total. The Bertz CT molecular complexity index is 383. The fourth-order valence-corrected chi connectivity index (χ4v) is 2.18. The van der Waals surface area contributed by atoms with Gasteiger partial charge in [0.2, 0.25) is 5.91 Å². The lowest BCUT2D eigenvalue weighted by molar-refractivity contribution is -0.117. The molecule has 1 amide bonds. The number of hydrogen-bond donors (Lipinski definition) is 1. The minimum atomic E-state index is 0.0442. The zero-order valence-electron chi connectivity index (χ0n) is 8.06. The van der Waals surface area contributed by atoms with E-state index in [0.717, 1.165) is 5.69 Å². The Balaban J connectivity index is 2.25. The number of pyridine rings is 1. The van der Waals surface area contributed by atoms with E-state index < -0.39 is 0 Å². The monoisotopic (exact) mass is 270 g/mol. The molecule has 0 aromatic carbocycles. The van der Waals surface area contributed by atoms with Crippen LogP contribution in [-0.2, 0) is 4.79 Å². The Morgan fingerprint density at radius 3 is 3.07 bits per heavy atom. The molecule has 0 bridgehead atoms. The van der Waals surface area contributed by atoms with Crippen molar-refractivity contribution in [2.75, 3.05) is 18.1 Å². The van der Waals surface area contributed by atoms with Crippen LogP contribution in [0.5, 0.6) is 0 Å². The molecule has 2 rings (SSSR count). The normalized spacial score (nSPS) is 21.1. The van der Waals surface area contributed by atoms with E-state index in [4.69, 9.17) is 5.11 Å². The number of carbonyl (C=O) groups is 1. The summed E-state index contributed by atoms with van der Waals surface area (Å²) in [6.07, 6.45) is 2.08. The number of rotatable bonds is 2. The molecule has 1 saturated heterocycles. The number of aromatic nitrogens is 1. The molecular weight excluding hydrogens is 260 g/mol. The van der Waals surface area contributed by atoms with Crippen molar-refractivity contribution in [3.63, 3.8) is 0 Å². The summed E-state index contributed by atoms with van der Waals surface area (Å²) >= 11 is 3.31. The lowest BCUT2D eigenvalue weighted by Gasteiger charge is -2.17. The highest BCUT2D eigenvalue weighted by atomic mass is 79.9. The molecule has 2 heterocycles. The Kier molecular flexibility index (Phi) is 3.02. The van der Waals surface area contributed by atoms with Gasteiger partial charge in [0.05, 0.1) is 5.69 Å². The van der Waals surface area contributed by atoms with Crippen LogP contribution in [0.1, 0.15) is 6.42 Å². The first-order valence-electron chi connectivity index (χ1n) is 4.74. The third-order valence-corrected chi connectivity index (χ3v) is 3.10. The summed E-state index contributed by atoms with van der Waals surface area (Å²) in [7, 11) is 0. The number of halogens is 1. The van der Waals surface area contributed by atoms with Crippen molar-refractivity contribution in [2.24, 2.45) is 5.92 Å². The maximum absolute atomic E-state index is 11.7. The van der Waals surface area contributed by atoms with Crippen molar-refractivity contribution in [2.45, 2.75) is 6.42 Å². The van der Waals surface area contributed by atoms with E-state index in [1.165, 1.54) is 0 Å². The van der Waals surface area contributed by atoms with E-state index in [9.17, 15) is 4.79 Å². The van der Waals surface area contributed by atoms with Gasteiger partial charge in [0.25, 0.3) is 0 Å². The van der Waals surface area contributed by atoms with Crippen LogP contribution < -0.4 is 4.90 Å². The van der Waals surface area contributed by atoms with Crippen molar-refractivity contribution in [3.05, 3.63) is 22.9 Å². The quantitative estimate of drug-likeness (QED) is 0.822. The standard InChI is InChI=1S/C10H11BrN2O2/c11-10-8(2-1-3-12-10)13-5-7(6-14)4-9(13)15/h1-3,7,14H,4-6H2. The van der Waals surface area contributed by atoms with Gasteiger partial charge in [-0.3, -0.25) is 4.79 Å². The van der Waals surface area contributed by atoms with Crippen molar-refractivity contribution in [3.8, 4) is 0 Å². The van der Waals surface area contributed by atoms with Crippen LogP contribution in [0.3, 0.4) is 0 Å². The molecule has 5 heteroatoms. The maximum Gasteiger partial charge on any atom is 0.227 e. The fraction of sp³-hybridized carbons (Fsp3) is 0.400. The zero-order valence-corrected chi connectivity index (χ0v) is 9.64. The van der Waals surface area contributed by atoms with Gasteiger partial charge in [-0.15, -0.1) is 0 Å². The van der Waals surface area contributed by atoms with Gasteiger partial charge < -0.3 is 10.0 Å². The van der Waals surface area contributed by atoms with Gasteiger partial charge in [0, 0.05) is 31.7 Å². The molecule has 4 nitrogen and oxygen atoms in total. The lowest BCUT2D eigenvalue weighted by Crippen LogP contribution is -2.25. The molecule has 0 saturated carbocycles. The largest absolute Gasteiger partial charge is 0.396 e. The second-order valence-corrected chi connectivity index (χ2v) is 4.32. The number of aliphatic hydroxyl groups is 1. The second kappa shape index (κ2) is 4.28. The first-order chi connectivity index (χ1) is 7.22. The SMILES string of the molecule is O=C1CC(CO)CN1c1cccnc1Br. The molecular formula is C10H11BrN2O2. The molecule has 1 fully saturated rings. The molecule has 0 spiro atoms. The molecule has 0 radical (unpaired) electrons. The van der Waals surface area contributed by atoms with Crippen LogP contribution in [-0.4, -0.2) is 29.1 Å². The summed E-state index contributed by atoms with van der Waals surface area (Å²) in [5.41, 5.74) is 0.776. The van der Waals surface area contributed by atoms with E-state index in [1.54, 1.807) is 17.2 Å². The first kappa shape index (κ1) is 10.6. The number of aliphatic hydroxyl groups excluding tert-OH is 1. The molecule has 1 aliphatic rings. The summed E-state index contributed by atoms with van der Waals surface area (Å²) in [5.74, 6) is 0.0901. The van der Waals surface area contributed by atoms with Crippen molar-refractivity contribution < 1.29 is 9.90 Å². The Morgan fingerprint density at radius 2 is 2.47 bits per heavy atom. The minimum absolute atomic E-state index is 0.0442. The summed E-state index contributed by atoms with van der Waals surface area (Å²) < 4.78 is 0.664. The van der Waals surface area contributed by atoms with Gasteiger partial charge in [-0.05, 0) is 28.1 Å². The fourth-order valence-electron chi connectivity index (χ4n) is 1.72. The van der Waals surface area contributed by atoms with Crippen LogP contribution in [0.2, 0.25) is 0 Å². The van der Waals surface area contributed by atoms with Gasteiger partial charge >= 0.3 is 0 Å². The van der Waals surface area contributed by atoms with Gasteiger partial charge in [-0.2, -0.15) is 0 Å². The average molecular weight is 271 g/mol. The average Bonchev–Trinajstić information content (AvgIpc) is 2.60. The number of hydrogen-bond acceptors (Lipinski definition) is 3. The zero-order chi connectivity index (χ0) is 10.8. The third-order valence-electron chi connectivity index (χ3n) is 2.49. The van der Waals surface area contributed by atoms with Gasteiger partial charge in [0.1, 0.15) is 4.60 Å². The third kappa shape index (κ3) is 2.03. The second-order valence-electron chi connectivity index (χ2n) is 3.57. The summed E-state index contributed by atoms with van der Waals surface area (Å²) in [5, 5.41) is 9.01. The molecule has 0 aliphatic carbocycles. The number of nitrogens with zero attached hydrogens (tertiary/aromatic N) is 2. The number of amides is 1. The van der Waals surface area contributed by atoms with E-state index in [2.05, 4.69) is 20.9 Å². The molecule has 1 unspecified atom stereocenters. The minimum Gasteiger partial charge on any atom is -0.396 e. The molecule has 1 aliphatic heterocycles. The Labute approximate surface area is 96.1 Å². The lowest BCUT2D eigenvalue weighted by atomic mass is 10.1. The van der Waals surface area contributed by atoms with Gasteiger partial charge in [-0.25, -0.2) is 4.98 Å². The van der Waals surface area contributed by atoms with Crippen LogP contribution in [0.15, 0.2) is 22.9 Å². The van der Waals surface area contributed by atoms with Crippen LogP contribution >= 0.6 is 15.9 Å². The van der Waals surface area contributed by atoms with E-state index in [-0.39, 0.29) is 18.4 Å². The molecule has 1 aromatic rings. The Hall–Kier alpha value is -0.940. The predicted octanol–water partition coefficient (Wildman–Crippen LogP) is 1.19.